The molecule has 1 aromatic heterocycles. The molecule has 1 aromatic carbocycles. The lowest BCUT2D eigenvalue weighted by atomic mass is 9.87. The third-order valence-corrected chi connectivity index (χ3v) is 4.36. The second-order valence-corrected chi connectivity index (χ2v) is 7.70. The zero-order valence-corrected chi connectivity index (χ0v) is 14.4. The second-order valence-electron chi connectivity index (χ2n) is 6.13. The average Bonchev–Trinajstić information content (AvgIpc) is 2.65. The minimum Gasteiger partial charge on any atom is -0.323 e. The first kappa shape index (κ1) is 14.9. The van der Waals surface area contributed by atoms with Crippen molar-refractivity contribution < 1.29 is 0 Å². The van der Waals surface area contributed by atoms with Crippen LogP contribution in [0.3, 0.4) is 0 Å². The van der Waals surface area contributed by atoms with Gasteiger partial charge in [0.1, 0.15) is 5.82 Å². The fourth-order valence-corrected chi connectivity index (χ4v) is 2.66. The van der Waals surface area contributed by atoms with E-state index in [1.54, 1.807) is 0 Å². The van der Waals surface area contributed by atoms with Crippen LogP contribution in [-0.2, 0) is 0 Å². The molecule has 0 aliphatic carbocycles. The predicted molar refractivity (Wildman–Crippen MR) is 85.9 cm³/mol. The van der Waals surface area contributed by atoms with Gasteiger partial charge in [0.15, 0.2) is 0 Å². The Hall–Kier alpha value is -0.540. The summed E-state index contributed by atoms with van der Waals surface area (Å²) in [6, 6.07) is 6.49. The van der Waals surface area contributed by atoms with Crippen molar-refractivity contribution in [2.24, 2.45) is 5.41 Å². The third kappa shape index (κ3) is 2.82. The van der Waals surface area contributed by atoms with Crippen molar-refractivity contribution >= 4 is 38.6 Å². The molecule has 0 aliphatic heterocycles. The van der Waals surface area contributed by atoms with Gasteiger partial charge in [-0.1, -0.05) is 36.7 Å². The molecule has 0 amide bonds. The number of fused-ring (bicyclic) bond motifs is 1. The topological polar surface area (TPSA) is 17.8 Å². The van der Waals surface area contributed by atoms with Crippen LogP contribution in [0.2, 0.25) is 0 Å². The third-order valence-electron chi connectivity index (χ3n) is 3.68. The van der Waals surface area contributed by atoms with Crippen molar-refractivity contribution in [3.63, 3.8) is 0 Å². The molecule has 0 radical (unpaired) electrons. The van der Waals surface area contributed by atoms with Crippen molar-refractivity contribution in [1.82, 2.24) is 9.55 Å². The maximum absolute atomic E-state index is 6.32. The van der Waals surface area contributed by atoms with Crippen LogP contribution >= 0.6 is 27.5 Å². The van der Waals surface area contributed by atoms with Gasteiger partial charge < -0.3 is 4.57 Å². The molecule has 1 heterocycles. The highest BCUT2D eigenvalue weighted by Crippen LogP contribution is 2.37. The van der Waals surface area contributed by atoms with Gasteiger partial charge in [-0.15, -0.1) is 11.6 Å². The first-order chi connectivity index (χ1) is 8.71. The molecule has 0 saturated carbocycles. The van der Waals surface area contributed by atoms with Crippen LogP contribution in [0.1, 0.15) is 51.9 Å². The summed E-state index contributed by atoms with van der Waals surface area (Å²) in [4.78, 5) is 4.70. The Bertz CT molecular complexity index is 596. The lowest BCUT2D eigenvalue weighted by Gasteiger charge is -2.30. The van der Waals surface area contributed by atoms with E-state index in [9.17, 15) is 0 Å². The van der Waals surface area contributed by atoms with E-state index in [0.29, 0.717) is 6.04 Å². The van der Waals surface area contributed by atoms with Crippen LogP contribution < -0.4 is 0 Å². The molecule has 19 heavy (non-hydrogen) atoms. The minimum atomic E-state index is -0.101. The van der Waals surface area contributed by atoms with E-state index in [1.807, 2.05) is 19.1 Å². The molecule has 2 aromatic rings. The summed E-state index contributed by atoms with van der Waals surface area (Å²) in [6.45, 7) is 10.9. The van der Waals surface area contributed by atoms with E-state index in [-0.39, 0.29) is 10.8 Å². The van der Waals surface area contributed by atoms with Gasteiger partial charge in [-0.25, -0.2) is 4.98 Å². The fraction of sp³-hybridized carbons (Fsp3) is 0.533. The Morgan fingerprint density at radius 2 is 1.89 bits per heavy atom. The van der Waals surface area contributed by atoms with Gasteiger partial charge in [0.25, 0.3) is 0 Å². The molecule has 0 bridgehead atoms. The average molecular weight is 344 g/mol. The highest BCUT2D eigenvalue weighted by atomic mass is 79.9. The van der Waals surface area contributed by atoms with Gasteiger partial charge in [-0.2, -0.15) is 0 Å². The molecular weight excluding hydrogens is 324 g/mol. The minimum absolute atomic E-state index is 0.101. The van der Waals surface area contributed by atoms with E-state index in [2.05, 4.69) is 54.3 Å². The largest absolute Gasteiger partial charge is 0.323 e. The van der Waals surface area contributed by atoms with E-state index in [1.165, 1.54) is 0 Å². The molecular formula is C15H20BrClN2. The monoisotopic (exact) mass is 342 g/mol. The van der Waals surface area contributed by atoms with Gasteiger partial charge >= 0.3 is 0 Å². The molecule has 0 saturated heterocycles. The standard InChI is InChI=1S/C15H20BrClN2/c1-9(17)14-18-12-7-6-11(16)8-13(12)19(14)10(2)15(3,4)5/h6-10H,1-5H3. The maximum atomic E-state index is 6.32. The number of hydrogen-bond donors (Lipinski definition) is 0. The van der Waals surface area contributed by atoms with Crippen LogP contribution in [0.15, 0.2) is 22.7 Å². The summed E-state index contributed by atoms with van der Waals surface area (Å²) in [5.74, 6) is 0.942. The number of aromatic nitrogens is 2. The summed E-state index contributed by atoms with van der Waals surface area (Å²) >= 11 is 9.86. The summed E-state index contributed by atoms with van der Waals surface area (Å²) in [6.07, 6.45) is 0. The van der Waals surface area contributed by atoms with E-state index >= 15 is 0 Å². The molecule has 0 fully saturated rings. The molecule has 0 spiro atoms. The molecule has 2 atom stereocenters. The van der Waals surface area contributed by atoms with E-state index < -0.39 is 0 Å². The predicted octanol–water partition coefficient (Wildman–Crippen LogP) is 5.71. The van der Waals surface area contributed by atoms with Gasteiger partial charge in [0.2, 0.25) is 0 Å². The Morgan fingerprint density at radius 1 is 1.26 bits per heavy atom. The van der Waals surface area contributed by atoms with Gasteiger partial charge in [0, 0.05) is 10.5 Å². The summed E-state index contributed by atoms with van der Waals surface area (Å²) in [7, 11) is 0. The van der Waals surface area contributed by atoms with Crippen LogP contribution in [-0.4, -0.2) is 9.55 Å². The number of alkyl halides is 1. The van der Waals surface area contributed by atoms with Gasteiger partial charge in [-0.3, -0.25) is 0 Å². The van der Waals surface area contributed by atoms with Crippen molar-refractivity contribution in [1.29, 1.82) is 0 Å². The van der Waals surface area contributed by atoms with Crippen molar-refractivity contribution in [2.45, 2.75) is 46.0 Å². The van der Waals surface area contributed by atoms with E-state index in [0.717, 1.165) is 21.3 Å². The fourth-order valence-electron chi connectivity index (χ4n) is 2.16. The second kappa shape index (κ2) is 5.10. The van der Waals surface area contributed by atoms with Crippen LogP contribution in [0, 0.1) is 5.41 Å². The Kier molecular flexibility index (Phi) is 3.99. The smallest absolute Gasteiger partial charge is 0.127 e. The molecule has 2 nitrogen and oxygen atoms in total. The number of imidazole rings is 1. The Labute approximate surface area is 128 Å². The number of rotatable bonds is 2. The SMILES string of the molecule is CC(Cl)c1nc2ccc(Br)cc2n1C(C)C(C)(C)C. The highest BCUT2D eigenvalue weighted by Gasteiger charge is 2.27. The van der Waals surface area contributed by atoms with Crippen molar-refractivity contribution in [3.8, 4) is 0 Å². The lowest BCUT2D eigenvalue weighted by molar-refractivity contribution is 0.262. The molecule has 4 heteroatoms. The molecule has 0 N–H and O–H groups in total. The number of hydrogen-bond acceptors (Lipinski definition) is 1. The first-order valence-corrected chi connectivity index (χ1v) is 7.76. The summed E-state index contributed by atoms with van der Waals surface area (Å²) < 4.78 is 3.34. The number of benzene rings is 1. The van der Waals surface area contributed by atoms with E-state index in [4.69, 9.17) is 16.6 Å². The normalized spacial score (nSPS) is 15.7. The first-order valence-electron chi connectivity index (χ1n) is 6.53. The Balaban J connectivity index is 2.74. The molecule has 0 aliphatic rings. The summed E-state index contributed by atoms with van der Waals surface area (Å²) in [5.41, 5.74) is 2.29. The lowest BCUT2D eigenvalue weighted by Crippen LogP contribution is -2.23. The zero-order chi connectivity index (χ0) is 14.4. The number of halogens is 2. The van der Waals surface area contributed by atoms with Gasteiger partial charge in [0.05, 0.1) is 16.4 Å². The van der Waals surface area contributed by atoms with Gasteiger partial charge in [-0.05, 0) is 37.5 Å². The molecule has 2 rings (SSSR count). The number of nitrogens with zero attached hydrogens (tertiary/aromatic N) is 2. The zero-order valence-electron chi connectivity index (χ0n) is 12.0. The summed E-state index contributed by atoms with van der Waals surface area (Å²) in [5, 5.41) is -0.101. The molecule has 2 unspecified atom stereocenters. The van der Waals surface area contributed by atoms with Crippen LogP contribution in [0.25, 0.3) is 11.0 Å². The maximum Gasteiger partial charge on any atom is 0.127 e. The molecule has 104 valence electrons. The van der Waals surface area contributed by atoms with Crippen molar-refractivity contribution in [3.05, 3.63) is 28.5 Å². The Morgan fingerprint density at radius 3 is 2.42 bits per heavy atom. The van der Waals surface area contributed by atoms with Crippen LogP contribution in [0.4, 0.5) is 0 Å². The highest BCUT2D eigenvalue weighted by molar-refractivity contribution is 9.10. The van der Waals surface area contributed by atoms with Crippen molar-refractivity contribution in [2.75, 3.05) is 0 Å². The van der Waals surface area contributed by atoms with Crippen LogP contribution in [0.5, 0.6) is 0 Å². The quantitative estimate of drug-likeness (QED) is 0.639.